The van der Waals surface area contributed by atoms with Crippen molar-refractivity contribution in [1.82, 2.24) is 5.32 Å². The fourth-order valence-corrected chi connectivity index (χ4v) is 3.29. The molecule has 1 atom stereocenters. The average Bonchev–Trinajstić information content (AvgIpc) is 2.70. The minimum Gasteiger partial charge on any atom is -0.371 e. The molecule has 2 rings (SSSR count). The first-order valence-corrected chi connectivity index (χ1v) is 8.68. The van der Waals surface area contributed by atoms with Crippen molar-refractivity contribution >= 4 is 5.69 Å². The van der Waals surface area contributed by atoms with Crippen molar-refractivity contribution in [3.8, 4) is 0 Å². The lowest BCUT2D eigenvalue weighted by atomic mass is 9.98. The molecule has 0 spiro atoms. The lowest BCUT2D eigenvalue weighted by Gasteiger charge is -2.26. The highest BCUT2D eigenvalue weighted by Crippen LogP contribution is 2.27. The first-order chi connectivity index (χ1) is 10.1. The van der Waals surface area contributed by atoms with Gasteiger partial charge in [-0.2, -0.15) is 0 Å². The number of anilines is 1. The molecule has 21 heavy (non-hydrogen) atoms. The third-order valence-electron chi connectivity index (χ3n) is 4.70. The Morgan fingerprint density at radius 3 is 2.76 bits per heavy atom. The van der Waals surface area contributed by atoms with Crippen molar-refractivity contribution in [1.29, 1.82) is 0 Å². The molecule has 1 aliphatic heterocycles. The van der Waals surface area contributed by atoms with E-state index in [1.807, 2.05) is 0 Å². The first-order valence-electron chi connectivity index (χ1n) is 8.68. The molecule has 1 N–H and O–H groups in total. The Morgan fingerprint density at radius 2 is 2.05 bits per heavy atom. The van der Waals surface area contributed by atoms with Gasteiger partial charge in [-0.3, -0.25) is 0 Å². The van der Waals surface area contributed by atoms with Crippen LogP contribution in [0.1, 0.15) is 57.6 Å². The standard InChI is InChI=1S/C19H32N2/c1-5-17-7-6-11-21(12-10-17)19-9-8-16(4)13-18(19)14-20-15(2)3/h8-9,13,15,17,20H,5-7,10-12,14H2,1-4H3. The van der Waals surface area contributed by atoms with E-state index in [4.69, 9.17) is 0 Å². The Morgan fingerprint density at radius 1 is 1.24 bits per heavy atom. The van der Waals surface area contributed by atoms with E-state index in [1.165, 1.54) is 55.6 Å². The Bertz CT molecular complexity index is 439. The Kier molecular flexibility index (Phi) is 6.10. The van der Waals surface area contributed by atoms with Crippen molar-refractivity contribution < 1.29 is 0 Å². The molecule has 0 amide bonds. The van der Waals surface area contributed by atoms with Crippen molar-refractivity contribution in [2.75, 3.05) is 18.0 Å². The normalized spacial score (nSPS) is 19.9. The zero-order valence-corrected chi connectivity index (χ0v) is 14.3. The van der Waals surface area contributed by atoms with Gasteiger partial charge in [0.05, 0.1) is 0 Å². The monoisotopic (exact) mass is 288 g/mol. The summed E-state index contributed by atoms with van der Waals surface area (Å²) in [5.41, 5.74) is 4.27. The number of nitrogens with one attached hydrogen (secondary N) is 1. The lowest BCUT2D eigenvalue weighted by molar-refractivity contribution is 0.459. The Labute approximate surface area is 130 Å². The van der Waals surface area contributed by atoms with Crippen molar-refractivity contribution in [2.24, 2.45) is 5.92 Å². The molecule has 0 saturated carbocycles. The van der Waals surface area contributed by atoms with Gasteiger partial charge in [0.2, 0.25) is 0 Å². The second-order valence-electron chi connectivity index (χ2n) is 6.86. The molecule has 1 saturated heterocycles. The minimum atomic E-state index is 0.534. The minimum absolute atomic E-state index is 0.534. The number of hydrogen-bond acceptors (Lipinski definition) is 2. The molecule has 118 valence electrons. The molecule has 2 heteroatoms. The van der Waals surface area contributed by atoms with E-state index < -0.39 is 0 Å². The van der Waals surface area contributed by atoms with Gasteiger partial charge in [-0.1, -0.05) is 44.9 Å². The van der Waals surface area contributed by atoms with Gasteiger partial charge in [-0.15, -0.1) is 0 Å². The fraction of sp³-hybridized carbons (Fsp3) is 0.684. The van der Waals surface area contributed by atoms with Crippen molar-refractivity contribution in [3.05, 3.63) is 29.3 Å². The molecule has 1 aromatic rings. The van der Waals surface area contributed by atoms with E-state index in [9.17, 15) is 0 Å². The Balaban J connectivity index is 2.13. The highest BCUT2D eigenvalue weighted by Gasteiger charge is 2.18. The maximum atomic E-state index is 3.58. The molecule has 1 fully saturated rings. The SMILES string of the molecule is CCC1CCCN(c2ccc(C)cc2CNC(C)C)CC1. The summed E-state index contributed by atoms with van der Waals surface area (Å²) < 4.78 is 0. The van der Waals surface area contributed by atoms with Crippen LogP contribution in [0.4, 0.5) is 5.69 Å². The highest BCUT2D eigenvalue weighted by atomic mass is 15.1. The summed E-state index contributed by atoms with van der Waals surface area (Å²) in [7, 11) is 0. The summed E-state index contributed by atoms with van der Waals surface area (Å²) in [6.45, 7) is 12.4. The molecule has 1 aromatic carbocycles. The molecule has 0 bridgehead atoms. The fourth-order valence-electron chi connectivity index (χ4n) is 3.29. The van der Waals surface area contributed by atoms with Gasteiger partial charge in [0.1, 0.15) is 0 Å². The summed E-state index contributed by atoms with van der Waals surface area (Å²) in [5, 5.41) is 3.58. The Hall–Kier alpha value is -1.02. The van der Waals surface area contributed by atoms with Crippen LogP contribution < -0.4 is 10.2 Å². The molecule has 0 aliphatic carbocycles. The van der Waals surface area contributed by atoms with Crippen molar-refractivity contribution in [3.63, 3.8) is 0 Å². The van der Waals surface area contributed by atoms with E-state index >= 15 is 0 Å². The van der Waals surface area contributed by atoms with Crippen LogP contribution >= 0.6 is 0 Å². The molecular formula is C19H32N2. The first kappa shape index (κ1) is 16.4. The summed E-state index contributed by atoms with van der Waals surface area (Å²) >= 11 is 0. The van der Waals surface area contributed by atoms with Crippen LogP contribution in [0.15, 0.2) is 18.2 Å². The van der Waals surface area contributed by atoms with Crippen LogP contribution in [0.2, 0.25) is 0 Å². The van der Waals surface area contributed by atoms with Gasteiger partial charge in [-0.25, -0.2) is 0 Å². The zero-order valence-electron chi connectivity index (χ0n) is 14.3. The summed E-state index contributed by atoms with van der Waals surface area (Å²) in [6, 6.07) is 7.48. The van der Waals surface area contributed by atoms with Gasteiger partial charge in [0, 0.05) is 31.4 Å². The molecule has 0 aromatic heterocycles. The van der Waals surface area contributed by atoms with Crippen molar-refractivity contribution in [2.45, 2.75) is 66.0 Å². The van der Waals surface area contributed by atoms with E-state index in [2.05, 4.69) is 56.1 Å². The average molecular weight is 288 g/mol. The van der Waals surface area contributed by atoms with Crippen LogP contribution in [0, 0.1) is 12.8 Å². The van der Waals surface area contributed by atoms with E-state index in [0.717, 1.165) is 12.5 Å². The second kappa shape index (κ2) is 7.84. The maximum absolute atomic E-state index is 3.58. The van der Waals surface area contributed by atoms with Crippen LogP contribution in [0.5, 0.6) is 0 Å². The largest absolute Gasteiger partial charge is 0.371 e. The summed E-state index contributed by atoms with van der Waals surface area (Å²) in [6.07, 6.45) is 5.42. The predicted molar refractivity (Wildman–Crippen MR) is 93.0 cm³/mol. The van der Waals surface area contributed by atoms with Gasteiger partial charge >= 0.3 is 0 Å². The maximum Gasteiger partial charge on any atom is 0.0412 e. The molecule has 1 heterocycles. The number of aryl methyl sites for hydroxylation is 1. The van der Waals surface area contributed by atoms with E-state index in [0.29, 0.717) is 6.04 Å². The quantitative estimate of drug-likeness (QED) is 0.857. The van der Waals surface area contributed by atoms with Crippen LogP contribution in [0.25, 0.3) is 0 Å². The topological polar surface area (TPSA) is 15.3 Å². The van der Waals surface area contributed by atoms with Crippen LogP contribution in [-0.4, -0.2) is 19.1 Å². The molecule has 0 radical (unpaired) electrons. The van der Waals surface area contributed by atoms with Crippen LogP contribution in [-0.2, 0) is 6.54 Å². The molecular weight excluding hydrogens is 256 g/mol. The molecule has 2 nitrogen and oxygen atoms in total. The predicted octanol–water partition coefficient (Wildman–Crippen LogP) is 4.51. The lowest BCUT2D eigenvalue weighted by Crippen LogP contribution is -2.28. The third kappa shape index (κ3) is 4.74. The number of hydrogen-bond donors (Lipinski definition) is 1. The molecule has 1 aliphatic rings. The van der Waals surface area contributed by atoms with Gasteiger partial charge < -0.3 is 10.2 Å². The van der Waals surface area contributed by atoms with Gasteiger partial charge in [-0.05, 0) is 43.7 Å². The van der Waals surface area contributed by atoms with Gasteiger partial charge in [0.25, 0.3) is 0 Å². The summed E-state index contributed by atoms with van der Waals surface area (Å²) in [5.74, 6) is 0.928. The number of benzene rings is 1. The summed E-state index contributed by atoms with van der Waals surface area (Å²) in [4.78, 5) is 2.62. The molecule has 1 unspecified atom stereocenters. The number of rotatable bonds is 5. The smallest absolute Gasteiger partial charge is 0.0412 e. The zero-order chi connectivity index (χ0) is 15.2. The van der Waals surface area contributed by atoms with E-state index in [-0.39, 0.29) is 0 Å². The van der Waals surface area contributed by atoms with E-state index in [1.54, 1.807) is 0 Å². The number of nitrogens with zero attached hydrogens (tertiary/aromatic N) is 1. The van der Waals surface area contributed by atoms with Crippen LogP contribution in [0.3, 0.4) is 0 Å². The third-order valence-corrected chi connectivity index (χ3v) is 4.70. The van der Waals surface area contributed by atoms with Gasteiger partial charge in [0.15, 0.2) is 0 Å². The second-order valence-corrected chi connectivity index (χ2v) is 6.86. The highest BCUT2D eigenvalue weighted by molar-refractivity contribution is 5.55.